The number of carbonyl (C=O) groups excluding carboxylic acids is 2. The fourth-order valence-electron chi connectivity index (χ4n) is 3.20. The van der Waals surface area contributed by atoms with Crippen molar-refractivity contribution in [2.45, 2.75) is 45.7 Å². The quantitative estimate of drug-likeness (QED) is 0.737. The lowest BCUT2D eigenvalue weighted by Crippen LogP contribution is -2.44. The van der Waals surface area contributed by atoms with Gasteiger partial charge in [-0.1, -0.05) is 25.4 Å². The van der Waals surface area contributed by atoms with Gasteiger partial charge >= 0.3 is 6.03 Å². The number of rotatable bonds is 6. The van der Waals surface area contributed by atoms with Crippen molar-refractivity contribution in [3.8, 4) is 0 Å². The SMILES string of the molecule is CC(C)CN(CN1C(=O)[C@@H](C)N(c2ccc(Cl)cc2)C1=O)C1CC1. The van der Waals surface area contributed by atoms with Crippen molar-refractivity contribution in [3.05, 3.63) is 29.3 Å². The van der Waals surface area contributed by atoms with E-state index < -0.39 is 6.04 Å². The van der Waals surface area contributed by atoms with Crippen molar-refractivity contribution in [1.29, 1.82) is 0 Å². The number of anilines is 1. The molecular formula is C18H24ClN3O2. The van der Waals surface area contributed by atoms with Gasteiger partial charge in [-0.2, -0.15) is 0 Å². The van der Waals surface area contributed by atoms with Crippen molar-refractivity contribution < 1.29 is 9.59 Å². The number of halogens is 1. The molecule has 0 radical (unpaired) electrons. The van der Waals surface area contributed by atoms with Crippen LogP contribution >= 0.6 is 11.6 Å². The van der Waals surface area contributed by atoms with Crippen LogP contribution in [0, 0.1) is 5.92 Å². The molecule has 130 valence electrons. The molecule has 3 amide bonds. The Morgan fingerprint density at radius 2 is 1.83 bits per heavy atom. The predicted octanol–water partition coefficient (Wildman–Crippen LogP) is 3.58. The molecule has 2 fully saturated rings. The summed E-state index contributed by atoms with van der Waals surface area (Å²) in [4.78, 5) is 30.7. The van der Waals surface area contributed by atoms with E-state index >= 15 is 0 Å². The summed E-state index contributed by atoms with van der Waals surface area (Å²) < 4.78 is 0. The highest BCUT2D eigenvalue weighted by Gasteiger charge is 2.45. The second kappa shape index (κ2) is 6.73. The molecule has 1 saturated heterocycles. The molecule has 0 bridgehead atoms. The highest BCUT2D eigenvalue weighted by molar-refractivity contribution is 6.30. The van der Waals surface area contributed by atoms with Crippen LogP contribution in [0.15, 0.2) is 24.3 Å². The maximum absolute atomic E-state index is 12.8. The van der Waals surface area contributed by atoms with Crippen LogP contribution in [-0.2, 0) is 4.79 Å². The molecule has 0 unspecified atom stereocenters. The lowest BCUT2D eigenvalue weighted by atomic mass is 10.2. The summed E-state index contributed by atoms with van der Waals surface area (Å²) in [7, 11) is 0. The number of imide groups is 1. The first-order chi connectivity index (χ1) is 11.4. The molecule has 0 spiro atoms. The molecule has 24 heavy (non-hydrogen) atoms. The van der Waals surface area contributed by atoms with Crippen LogP contribution in [-0.4, -0.2) is 47.0 Å². The number of hydrogen-bond acceptors (Lipinski definition) is 3. The molecule has 0 N–H and O–H groups in total. The van der Waals surface area contributed by atoms with Gasteiger partial charge in [0.15, 0.2) is 0 Å². The Kier molecular flexibility index (Phi) is 4.83. The van der Waals surface area contributed by atoms with Gasteiger partial charge in [0.05, 0.1) is 6.67 Å². The minimum absolute atomic E-state index is 0.135. The van der Waals surface area contributed by atoms with E-state index in [4.69, 9.17) is 11.6 Å². The van der Waals surface area contributed by atoms with Crippen molar-refractivity contribution in [2.24, 2.45) is 5.92 Å². The first-order valence-corrected chi connectivity index (χ1v) is 8.90. The molecule has 1 aliphatic carbocycles. The summed E-state index contributed by atoms with van der Waals surface area (Å²) in [5, 5.41) is 0.609. The maximum Gasteiger partial charge on any atom is 0.333 e. The molecule has 6 heteroatoms. The van der Waals surface area contributed by atoms with Crippen molar-refractivity contribution in [2.75, 3.05) is 18.1 Å². The summed E-state index contributed by atoms with van der Waals surface area (Å²) in [5.74, 6) is 0.368. The molecule has 3 rings (SSSR count). The van der Waals surface area contributed by atoms with Crippen LogP contribution in [0.2, 0.25) is 5.02 Å². The Bertz CT molecular complexity index is 628. The summed E-state index contributed by atoms with van der Waals surface area (Å²) >= 11 is 5.92. The first kappa shape index (κ1) is 17.2. The van der Waals surface area contributed by atoms with Crippen LogP contribution in [0.3, 0.4) is 0 Å². The van der Waals surface area contributed by atoms with Gasteiger partial charge in [0.2, 0.25) is 0 Å². The van der Waals surface area contributed by atoms with Crippen molar-refractivity contribution >= 4 is 29.2 Å². The minimum Gasteiger partial charge on any atom is -0.282 e. The second-order valence-electron chi connectivity index (χ2n) is 7.11. The van der Waals surface area contributed by atoms with Gasteiger partial charge in [-0.3, -0.25) is 14.6 Å². The fraction of sp³-hybridized carbons (Fsp3) is 0.556. The Hall–Kier alpha value is -1.59. The third-order valence-electron chi connectivity index (χ3n) is 4.54. The molecular weight excluding hydrogens is 326 g/mol. The number of carbonyl (C=O) groups is 2. The second-order valence-corrected chi connectivity index (χ2v) is 7.55. The Labute approximate surface area is 148 Å². The average molecular weight is 350 g/mol. The highest BCUT2D eigenvalue weighted by atomic mass is 35.5. The van der Waals surface area contributed by atoms with E-state index in [9.17, 15) is 9.59 Å². The molecule has 1 aromatic carbocycles. The van der Waals surface area contributed by atoms with Gasteiger partial charge < -0.3 is 0 Å². The summed E-state index contributed by atoms with van der Waals surface area (Å²) in [6, 6.07) is 6.80. The van der Waals surface area contributed by atoms with Crippen molar-refractivity contribution in [3.63, 3.8) is 0 Å². The Balaban J connectivity index is 1.78. The summed E-state index contributed by atoms with van der Waals surface area (Å²) in [6.07, 6.45) is 2.30. The van der Waals surface area contributed by atoms with Crippen molar-refractivity contribution in [1.82, 2.24) is 9.80 Å². The lowest BCUT2D eigenvalue weighted by Gasteiger charge is -2.28. The fourth-order valence-corrected chi connectivity index (χ4v) is 3.33. The first-order valence-electron chi connectivity index (χ1n) is 8.52. The monoisotopic (exact) mass is 349 g/mol. The Morgan fingerprint density at radius 3 is 2.38 bits per heavy atom. The van der Waals surface area contributed by atoms with Gasteiger partial charge in [0, 0.05) is 23.3 Å². The predicted molar refractivity (Wildman–Crippen MR) is 95.1 cm³/mol. The summed E-state index contributed by atoms with van der Waals surface area (Å²) in [6.45, 7) is 7.38. The average Bonchev–Trinajstić information content (AvgIpc) is 3.34. The smallest absolute Gasteiger partial charge is 0.282 e. The molecule has 1 heterocycles. The van der Waals surface area contributed by atoms with Gasteiger partial charge in [0.1, 0.15) is 6.04 Å². The van der Waals surface area contributed by atoms with Crippen LogP contribution in [0.25, 0.3) is 0 Å². The molecule has 1 saturated carbocycles. The van der Waals surface area contributed by atoms with Gasteiger partial charge in [-0.25, -0.2) is 9.69 Å². The number of urea groups is 1. The van der Waals surface area contributed by atoms with E-state index in [1.807, 2.05) is 0 Å². The molecule has 0 aromatic heterocycles. The van der Waals surface area contributed by atoms with E-state index in [0.29, 0.717) is 29.3 Å². The van der Waals surface area contributed by atoms with Gasteiger partial charge in [-0.05, 0) is 49.9 Å². The zero-order valence-corrected chi connectivity index (χ0v) is 15.2. The molecule has 5 nitrogen and oxygen atoms in total. The molecule has 1 atom stereocenters. The zero-order chi connectivity index (χ0) is 17.4. The van der Waals surface area contributed by atoms with Gasteiger partial charge in [0.25, 0.3) is 5.91 Å². The standard InChI is InChI=1S/C18H24ClN3O2/c1-12(2)10-20(15-8-9-15)11-21-17(23)13(3)22(18(21)24)16-6-4-14(19)5-7-16/h4-7,12-13,15H,8-11H2,1-3H3/t13-/m1/s1. The lowest BCUT2D eigenvalue weighted by molar-refractivity contribution is -0.128. The van der Waals surface area contributed by atoms with E-state index in [0.717, 1.165) is 19.4 Å². The maximum atomic E-state index is 12.8. The molecule has 2 aliphatic rings. The normalized spacial score (nSPS) is 21.5. The number of benzene rings is 1. The number of hydrogen-bond donors (Lipinski definition) is 0. The van der Waals surface area contributed by atoms with Crippen LogP contribution < -0.4 is 4.90 Å². The van der Waals surface area contributed by atoms with E-state index in [-0.39, 0.29) is 11.9 Å². The van der Waals surface area contributed by atoms with Crippen LogP contribution in [0.1, 0.15) is 33.6 Å². The van der Waals surface area contributed by atoms with E-state index in [2.05, 4.69) is 18.7 Å². The largest absolute Gasteiger partial charge is 0.333 e. The van der Waals surface area contributed by atoms with Crippen LogP contribution in [0.5, 0.6) is 0 Å². The van der Waals surface area contributed by atoms with Crippen LogP contribution in [0.4, 0.5) is 10.5 Å². The summed E-state index contributed by atoms with van der Waals surface area (Å²) in [5.41, 5.74) is 0.703. The topological polar surface area (TPSA) is 43.9 Å². The Morgan fingerprint density at radius 1 is 1.21 bits per heavy atom. The van der Waals surface area contributed by atoms with E-state index in [1.165, 1.54) is 4.90 Å². The van der Waals surface area contributed by atoms with E-state index in [1.54, 1.807) is 36.1 Å². The molecule has 1 aromatic rings. The zero-order valence-electron chi connectivity index (χ0n) is 14.4. The minimum atomic E-state index is -0.487. The number of nitrogens with zero attached hydrogens (tertiary/aromatic N) is 3. The molecule has 1 aliphatic heterocycles. The van der Waals surface area contributed by atoms with Gasteiger partial charge in [-0.15, -0.1) is 0 Å². The number of amides is 3. The third-order valence-corrected chi connectivity index (χ3v) is 4.79. The highest BCUT2D eigenvalue weighted by Crippen LogP contribution is 2.31. The third kappa shape index (κ3) is 3.42.